The lowest BCUT2D eigenvalue weighted by Gasteiger charge is -2.25. The molecule has 1 N–H and O–H groups in total. The Morgan fingerprint density at radius 1 is 1.17 bits per heavy atom. The number of carbonyl (C=O) groups excluding carboxylic acids is 1. The van der Waals surface area contributed by atoms with E-state index in [1.807, 2.05) is 43.6 Å². The number of hydrogen-bond donors (Lipinski definition) is 1. The van der Waals surface area contributed by atoms with Crippen molar-refractivity contribution in [2.45, 2.75) is 13.0 Å². The maximum absolute atomic E-state index is 11.7. The predicted molar refractivity (Wildman–Crippen MR) is 91.7 cm³/mol. The number of carbonyl (C=O) groups is 1. The van der Waals surface area contributed by atoms with Crippen LogP contribution in [0.4, 0.5) is 4.79 Å². The van der Waals surface area contributed by atoms with Gasteiger partial charge in [-0.3, -0.25) is 4.57 Å². The van der Waals surface area contributed by atoms with Crippen LogP contribution in [-0.2, 0) is 0 Å². The summed E-state index contributed by atoms with van der Waals surface area (Å²) < 4.78 is 2.06. The molecule has 5 nitrogen and oxygen atoms in total. The van der Waals surface area contributed by atoms with Gasteiger partial charge in [0.1, 0.15) is 6.33 Å². The third-order valence-electron chi connectivity index (χ3n) is 4.22. The van der Waals surface area contributed by atoms with Crippen LogP contribution in [0.5, 0.6) is 0 Å². The summed E-state index contributed by atoms with van der Waals surface area (Å²) in [6.07, 6.45) is 1.83. The van der Waals surface area contributed by atoms with Crippen molar-refractivity contribution in [3.63, 3.8) is 0 Å². The van der Waals surface area contributed by atoms with Crippen molar-refractivity contribution in [3.05, 3.63) is 60.4 Å². The molecule has 0 radical (unpaired) electrons. The lowest BCUT2D eigenvalue weighted by molar-refractivity contribution is 0.197. The largest absolute Gasteiger partial charge is 0.341 e. The molecular weight excluding hydrogens is 288 g/mol. The van der Waals surface area contributed by atoms with Gasteiger partial charge in [0.2, 0.25) is 0 Å². The number of hydrogen-bond acceptors (Lipinski definition) is 2. The summed E-state index contributed by atoms with van der Waals surface area (Å²) >= 11 is 0. The van der Waals surface area contributed by atoms with Gasteiger partial charge in [-0.1, -0.05) is 24.3 Å². The van der Waals surface area contributed by atoms with E-state index in [9.17, 15) is 4.79 Å². The van der Waals surface area contributed by atoms with Gasteiger partial charge in [0, 0.05) is 19.8 Å². The standard InChI is InChI=1S/C18H20N4O/c1-13(21(3)18(23)19-2)14-8-10-15(11-9-14)22-12-20-16-6-4-5-7-17(16)22/h4-13H,1-3H3,(H,19,23)/t13-/m1/s1. The first-order chi connectivity index (χ1) is 11.1. The summed E-state index contributed by atoms with van der Waals surface area (Å²) in [4.78, 5) is 17.8. The molecule has 2 amide bonds. The molecule has 1 heterocycles. The first kappa shape index (κ1) is 15.1. The molecule has 2 aromatic carbocycles. The highest BCUT2D eigenvalue weighted by atomic mass is 16.2. The minimum Gasteiger partial charge on any atom is -0.341 e. The molecule has 23 heavy (non-hydrogen) atoms. The number of aromatic nitrogens is 2. The van der Waals surface area contributed by atoms with Gasteiger partial charge in [-0.25, -0.2) is 9.78 Å². The molecule has 3 aromatic rings. The van der Waals surface area contributed by atoms with Crippen molar-refractivity contribution < 1.29 is 4.79 Å². The Balaban J connectivity index is 1.89. The van der Waals surface area contributed by atoms with Crippen LogP contribution in [0, 0.1) is 0 Å². The third kappa shape index (κ3) is 2.77. The number of urea groups is 1. The maximum Gasteiger partial charge on any atom is 0.317 e. The summed E-state index contributed by atoms with van der Waals surface area (Å²) in [6, 6.07) is 16.2. The number of fused-ring (bicyclic) bond motifs is 1. The van der Waals surface area contributed by atoms with Crippen molar-refractivity contribution in [2.24, 2.45) is 0 Å². The van der Waals surface area contributed by atoms with Crippen LogP contribution >= 0.6 is 0 Å². The Kier molecular flexibility index (Phi) is 4.02. The van der Waals surface area contributed by atoms with Gasteiger partial charge in [-0.15, -0.1) is 0 Å². The van der Waals surface area contributed by atoms with Crippen molar-refractivity contribution >= 4 is 17.1 Å². The number of para-hydroxylation sites is 2. The fourth-order valence-electron chi connectivity index (χ4n) is 2.65. The second-order valence-electron chi connectivity index (χ2n) is 5.54. The Labute approximate surface area is 135 Å². The van der Waals surface area contributed by atoms with Crippen molar-refractivity contribution in [2.75, 3.05) is 14.1 Å². The van der Waals surface area contributed by atoms with E-state index in [1.54, 1.807) is 19.0 Å². The Morgan fingerprint density at radius 2 is 1.87 bits per heavy atom. The minimum atomic E-state index is -0.0952. The van der Waals surface area contributed by atoms with Gasteiger partial charge >= 0.3 is 6.03 Å². The van der Waals surface area contributed by atoms with E-state index in [2.05, 4.69) is 33.1 Å². The summed E-state index contributed by atoms with van der Waals surface area (Å²) in [7, 11) is 3.43. The van der Waals surface area contributed by atoms with Crippen LogP contribution in [0.2, 0.25) is 0 Å². The molecule has 0 aliphatic rings. The molecule has 3 rings (SSSR count). The molecule has 0 spiro atoms. The molecule has 0 unspecified atom stereocenters. The van der Waals surface area contributed by atoms with Gasteiger partial charge in [0.25, 0.3) is 0 Å². The number of nitrogens with zero attached hydrogens (tertiary/aromatic N) is 3. The number of imidazole rings is 1. The number of rotatable bonds is 3. The molecular formula is C18H20N4O. The van der Waals surface area contributed by atoms with Crippen molar-refractivity contribution in [3.8, 4) is 5.69 Å². The average Bonchev–Trinajstić information content (AvgIpc) is 3.04. The van der Waals surface area contributed by atoms with Gasteiger partial charge < -0.3 is 10.2 Å². The smallest absolute Gasteiger partial charge is 0.317 e. The second-order valence-corrected chi connectivity index (χ2v) is 5.54. The lowest BCUT2D eigenvalue weighted by Crippen LogP contribution is -2.36. The van der Waals surface area contributed by atoms with E-state index in [0.29, 0.717) is 0 Å². The number of amides is 2. The fraction of sp³-hybridized carbons (Fsp3) is 0.222. The first-order valence-electron chi connectivity index (χ1n) is 7.59. The molecule has 1 atom stereocenters. The molecule has 0 aliphatic carbocycles. The highest BCUT2D eigenvalue weighted by molar-refractivity contribution is 5.77. The molecule has 0 aliphatic heterocycles. The summed E-state index contributed by atoms with van der Waals surface area (Å²) in [5.74, 6) is 0. The second kappa shape index (κ2) is 6.12. The zero-order valence-electron chi connectivity index (χ0n) is 13.5. The number of benzene rings is 2. The minimum absolute atomic E-state index is 0.00327. The number of nitrogens with one attached hydrogen (secondary N) is 1. The Morgan fingerprint density at radius 3 is 2.57 bits per heavy atom. The summed E-state index contributed by atoms with van der Waals surface area (Å²) in [6.45, 7) is 2.01. The van der Waals surface area contributed by atoms with Gasteiger partial charge in [0.05, 0.1) is 17.1 Å². The van der Waals surface area contributed by atoms with Crippen molar-refractivity contribution in [1.82, 2.24) is 19.8 Å². The van der Waals surface area contributed by atoms with Gasteiger partial charge in [-0.05, 0) is 36.8 Å². The van der Waals surface area contributed by atoms with Crippen LogP contribution in [0.15, 0.2) is 54.9 Å². The fourth-order valence-corrected chi connectivity index (χ4v) is 2.65. The highest BCUT2D eigenvalue weighted by Gasteiger charge is 2.16. The highest BCUT2D eigenvalue weighted by Crippen LogP contribution is 2.22. The zero-order chi connectivity index (χ0) is 16.4. The van der Waals surface area contributed by atoms with E-state index in [1.165, 1.54) is 0 Å². The van der Waals surface area contributed by atoms with E-state index in [4.69, 9.17) is 0 Å². The third-order valence-corrected chi connectivity index (χ3v) is 4.22. The topological polar surface area (TPSA) is 50.2 Å². The molecule has 0 fully saturated rings. The predicted octanol–water partition coefficient (Wildman–Crippen LogP) is 3.36. The average molecular weight is 308 g/mol. The summed E-state index contributed by atoms with van der Waals surface area (Å²) in [5, 5.41) is 2.64. The maximum atomic E-state index is 11.7. The van der Waals surface area contributed by atoms with E-state index in [0.717, 1.165) is 22.3 Å². The SMILES string of the molecule is CNC(=O)N(C)[C@H](C)c1ccc(-n2cnc3ccccc32)cc1. The van der Waals surface area contributed by atoms with Gasteiger partial charge in [-0.2, -0.15) is 0 Å². The summed E-state index contributed by atoms with van der Waals surface area (Å²) in [5.41, 5.74) is 4.20. The molecule has 118 valence electrons. The monoisotopic (exact) mass is 308 g/mol. The Bertz CT molecular complexity index is 822. The van der Waals surface area contributed by atoms with E-state index in [-0.39, 0.29) is 12.1 Å². The molecule has 0 saturated heterocycles. The zero-order valence-corrected chi connectivity index (χ0v) is 13.5. The molecule has 0 bridgehead atoms. The van der Waals surface area contributed by atoms with Crippen LogP contribution in [0.1, 0.15) is 18.5 Å². The van der Waals surface area contributed by atoms with Crippen LogP contribution in [-0.4, -0.2) is 34.6 Å². The molecule has 5 heteroatoms. The van der Waals surface area contributed by atoms with Gasteiger partial charge in [0.15, 0.2) is 0 Å². The van der Waals surface area contributed by atoms with E-state index >= 15 is 0 Å². The first-order valence-corrected chi connectivity index (χ1v) is 7.59. The molecule has 0 saturated carbocycles. The van der Waals surface area contributed by atoms with E-state index < -0.39 is 0 Å². The Hall–Kier alpha value is -2.82. The van der Waals surface area contributed by atoms with Crippen LogP contribution in [0.3, 0.4) is 0 Å². The lowest BCUT2D eigenvalue weighted by atomic mass is 10.1. The molecule has 1 aromatic heterocycles. The normalized spacial score (nSPS) is 12.1. The quantitative estimate of drug-likeness (QED) is 0.806. The van der Waals surface area contributed by atoms with Crippen LogP contribution in [0.25, 0.3) is 16.7 Å². The van der Waals surface area contributed by atoms with Crippen molar-refractivity contribution in [1.29, 1.82) is 0 Å². The van der Waals surface area contributed by atoms with Crippen LogP contribution < -0.4 is 5.32 Å².